The van der Waals surface area contributed by atoms with Crippen molar-refractivity contribution in [2.75, 3.05) is 5.32 Å². The number of anilines is 1. The minimum Gasteiger partial charge on any atom is -0.478 e. The molecule has 0 spiro atoms. The van der Waals surface area contributed by atoms with Crippen LogP contribution < -0.4 is 5.32 Å². The molecule has 3 aromatic rings. The first-order chi connectivity index (χ1) is 12.1. The maximum Gasteiger partial charge on any atom is 0.336 e. The lowest BCUT2D eigenvalue weighted by Crippen LogP contribution is -2.13. The number of hydrogen-bond donors (Lipinski definition) is 2. The Kier molecular flexibility index (Phi) is 5.14. The second-order valence-corrected chi connectivity index (χ2v) is 6.61. The number of carbonyl (C=O) groups excluding carboxylic acids is 1. The predicted molar refractivity (Wildman–Crippen MR) is 106 cm³/mol. The Bertz CT molecular complexity index is 953. The number of aromatic carboxylic acids is 1. The van der Waals surface area contributed by atoms with Crippen LogP contribution in [0.5, 0.6) is 0 Å². The fourth-order valence-corrected chi connectivity index (χ4v) is 3.13. The molecule has 0 aliphatic carbocycles. The molecule has 0 atom stereocenters. The molecule has 0 aliphatic rings. The van der Waals surface area contributed by atoms with Crippen molar-refractivity contribution in [1.82, 2.24) is 0 Å². The summed E-state index contributed by atoms with van der Waals surface area (Å²) >= 11 is 2.18. The Labute approximate surface area is 158 Å². The average molecular weight is 443 g/mol. The Morgan fingerprint density at radius 3 is 2.04 bits per heavy atom. The molecule has 25 heavy (non-hydrogen) atoms. The van der Waals surface area contributed by atoms with Crippen molar-refractivity contribution in [2.45, 2.75) is 0 Å². The molecule has 0 heterocycles. The normalized spacial score (nSPS) is 10.3. The molecule has 0 unspecified atom stereocenters. The van der Waals surface area contributed by atoms with Gasteiger partial charge in [0.15, 0.2) is 0 Å². The van der Waals surface area contributed by atoms with Crippen LogP contribution in [0.15, 0.2) is 72.8 Å². The highest BCUT2D eigenvalue weighted by atomic mass is 127. The largest absolute Gasteiger partial charge is 0.478 e. The van der Waals surface area contributed by atoms with Crippen LogP contribution in [0.1, 0.15) is 20.7 Å². The summed E-state index contributed by atoms with van der Waals surface area (Å²) in [6, 6.07) is 21.1. The first-order valence-corrected chi connectivity index (χ1v) is 8.63. The number of rotatable bonds is 4. The van der Waals surface area contributed by atoms with Crippen LogP contribution in [0.2, 0.25) is 0 Å². The molecule has 0 aromatic heterocycles. The van der Waals surface area contributed by atoms with Crippen molar-refractivity contribution < 1.29 is 14.7 Å². The molecule has 124 valence electrons. The number of nitrogens with one attached hydrogen (secondary N) is 1. The molecule has 1 amide bonds. The standard InChI is InChI=1S/C20H14INO3/c21-13-6-5-7-14(12-13)22-19(23)17-10-3-1-8-15(17)16-9-2-4-11-18(16)20(24)25/h1-12H,(H,22,23)(H,24,25). The highest BCUT2D eigenvalue weighted by Crippen LogP contribution is 2.28. The molecule has 0 saturated heterocycles. The van der Waals surface area contributed by atoms with Crippen LogP contribution in [0.25, 0.3) is 11.1 Å². The van der Waals surface area contributed by atoms with Crippen molar-refractivity contribution in [3.8, 4) is 11.1 Å². The van der Waals surface area contributed by atoms with Gasteiger partial charge >= 0.3 is 5.97 Å². The molecule has 0 radical (unpaired) electrons. The van der Waals surface area contributed by atoms with Gasteiger partial charge in [-0.15, -0.1) is 0 Å². The quantitative estimate of drug-likeness (QED) is 0.564. The van der Waals surface area contributed by atoms with Gasteiger partial charge in [-0.25, -0.2) is 4.79 Å². The summed E-state index contributed by atoms with van der Waals surface area (Å²) in [4.78, 5) is 24.2. The van der Waals surface area contributed by atoms with Gasteiger partial charge < -0.3 is 10.4 Å². The molecule has 0 saturated carbocycles. The second-order valence-electron chi connectivity index (χ2n) is 5.36. The van der Waals surface area contributed by atoms with Crippen LogP contribution in [0, 0.1) is 3.57 Å². The van der Waals surface area contributed by atoms with Gasteiger partial charge in [-0.2, -0.15) is 0 Å². The molecule has 5 heteroatoms. The summed E-state index contributed by atoms with van der Waals surface area (Å²) in [5.74, 6) is -1.30. The van der Waals surface area contributed by atoms with Gasteiger partial charge in [0.25, 0.3) is 5.91 Å². The maximum absolute atomic E-state index is 12.7. The lowest BCUT2D eigenvalue weighted by molar-refractivity contribution is 0.0697. The minimum absolute atomic E-state index is 0.164. The van der Waals surface area contributed by atoms with Crippen molar-refractivity contribution in [3.63, 3.8) is 0 Å². The third-order valence-corrected chi connectivity index (χ3v) is 4.37. The molecule has 0 bridgehead atoms. The number of halogens is 1. The first-order valence-electron chi connectivity index (χ1n) is 7.55. The van der Waals surface area contributed by atoms with Crippen LogP contribution in [-0.4, -0.2) is 17.0 Å². The number of amides is 1. The highest BCUT2D eigenvalue weighted by molar-refractivity contribution is 14.1. The molecule has 0 fully saturated rings. The van der Waals surface area contributed by atoms with Crippen LogP contribution >= 0.6 is 22.6 Å². The zero-order chi connectivity index (χ0) is 17.8. The molecule has 0 aliphatic heterocycles. The van der Waals surface area contributed by atoms with Gasteiger partial charge in [0, 0.05) is 14.8 Å². The van der Waals surface area contributed by atoms with E-state index in [1.54, 1.807) is 42.5 Å². The molecule has 3 rings (SSSR count). The topological polar surface area (TPSA) is 66.4 Å². The van der Waals surface area contributed by atoms with E-state index in [4.69, 9.17) is 0 Å². The molecular weight excluding hydrogens is 429 g/mol. The molecule has 3 aromatic carbocycles. The minimum atomic E-state index is -1.02. The van der Waals surface area contributed by atoms with Gasteiger partial charge in [0.05, 0.1) is 5.56 Å². The number of benzene rings is 3. The summed E-state index contributed by atoms with van der Waals surface area (Å²) in [7, 11) is 0. The van der Waals surface area contributed by atoms with E-state index in [0.29, 0.717) is 22.4 Å². The summed E-state index contributed by atoms with van der Waals surface area (Å²) in [6.07, 6.45) is 0. The fourth-order valence-electron chi connectivity index (χ4n) is 2.59. The van der Waals surface area contributed by atoms with Crippen LogP contribution in [-0.2, 0) is 0 Å². The number of carbonyl (C=O) groups is 2. The van der Waals surface area contributed by atoms with E-state index >= 15 is 0 Å². The van der Waals surface area contributed by atoms with Crippen LogP contribution in [0.3, 0.4) is 0 Å². The smallest absolute Gasteiger partial charge is 0.336 e. The number of carboxylic acids is 1. The van der Waals surface area contributed by atoms with Crippen LogP contribution in [0.4, 0.5) is 5.69 Å². The van der Waals surface area contributed by atoms with Crippen molar-refractivity contribution in [1.29, 1.82) is 0 Å². The highest BCUT2D eigenvalue weighted by Gasteiger charge is 2.17. The predicted octanol–water partition coefficient (Wildman–Crippen LogP) is 4.91. The van der Waals surface area contributed by atoms with Crippen molar-refractivity contribution in [3.05, 3.63) is 87.5 Å². The Hall–Kier alpha value is -2.67. The molecule has 4 nitrogen and oxygen atoms in total. The zero-order valence-corrected chi connectivity index (χ0v) is 15.2. The first kappa shape index (κ1) is 17.2. The van der Waals surface area contributed by atoms with E-state index in [9.17, 15) is 14.7 Å². The van der Waals surface area contributed by atoms with E-state index in [1.807, 2.05) is 24.3 Å². The summed E-state index contributed by atoms with van der Waals surface area (Å²) in [6.45, 7) is 0. The monoisotopic (exact) mass is 443 g/mol. The van der Waals surface area contributed by atoms with E-state index in [2.05, 4.69) is 27.9 Å². The Balaban J connectivity index is 2.02. The van der Waals surface area contributed by atoms with Crippen molar-refractivity contribution in [2.24, 2.45) is 0 Å². The third kappa shape index (κ3) is 3.88. The van der Waals surface area contributed by atoms with Crippen molar-refractivity contribution >= 4 is 40.2 Å². The van der Waals surface area contributed by atoms with E-state index in [0.717, 1.165) is 3.57 Å². The second kappa shape index (κ2) is 7.48. The maximum atomic E-state index is 12.7. The summed E-state index contributed by atoms with van der Waals surface area (Å²) in [5.41, 5.74) is 2.39. The van der Waals surface area contributed by atoms with Gasteiger partial charge in [0.2, 0.25) is 0 Å². The third-order valence-electron chi connectivity index (χ3n) is 3.70. The number of carboxylic acid groups (broad SMARTS) is 1. The van der Waals surface area contributed by atoms with Gasteiger partial charge in [-0.3, -0.25) is 4.79 Å². The summed E-state index contributed by atoms with van der Waals surface area (Å²) in [5, 5.41) is 12.3. The Morgan fingerprint density at radius 1 is 0.800 bits per heavy atom. The van der Waals surface area contributed by atoms with E-state index < -0.39 is 5.97 Å². The summed E-state index contributed by atoms with van der Waals surface area (Å²) < 4.78 is 1.01. The fraction of sp³-hybridized carbons (Fsp3) is 0. The average Bonchev–Trinajstić information content (AvgIpc) is 2.61. The molecule has 2 N–H and O–H groups in total. The lowest BCUT2D eigenvalue weighted by Gasteiger charge is -2.12. The zero-order valence-electron chi connectivity index (χ0n) is 13.1. The van der Waals surface area contributed by atoms with Gasteiger partial charge in [0.1, 0.15) is 0 Å². The van der Waals surface area contributed by atoms with E-state index in [-0.39, 0.29) is 11.5 Å². The Morgan fingerprint density at radius 2 is 1.40 bits per heavy atom. The lowest BCUT2D eigenvalue weighted by atomic mass is 9.95. The SMILES string of the molecule is O=C(O)c1ccccc1-c1ccccc1C(=O)Nc1cccc(I)c1. The van der Waals surface area contributed by atoms with Gasteiger partial charge in [-0.1, -0.05) is 42.5 Å². The number of hydrogen-bond acceptors (Lipinski definition) is 2. The molecular formula is C20H14INO3. The van der Waals surface area contributed by atoms with Gasteiger partial charge in [-0.05, 0) is 64.0 Å². The van der Waals surface area contributed by atoms with E-state index in [1.165, 1.54) is 6.07 Å².